The van der Waals surface area contributed by atoms with Crippen molar-refractivity contribution in [3.8, 4) is 0 Å². The Morgan fingerprint density at radius 1 is 0.889 bits per heavy atom. The summed E-state index contributed by atoms with van der Waals surface area (Å²) >= 11 is 6.73. The molecule has 2 aliphatic rings. The predicted octanol–water partition coefficient (Wildman–Crippen LogP) is 4.92. The predicted molar refractivity (Wildman–Crippen MR) is 151 cm³/mol. The van der Waals surface area contributed by atoms with Crippen molar-refractivity contribution in [3.05, 3.63) is 101 Å². The number of hydrogen-bond acceptors (Lipinski definition) is 6. The van der Waals surface area contributed by atoms with Gasteiger partial charge in [0.15, 0.2) is 0 Å². The van der Waals surface area contributed by atoms with Gasteiger partial charge in [-0.1, -0.05) is 72.5 Å². The van der Waals surface area contributed by atoms with Crippen LogP contribution in [-0.4, -0.2) is 58.8 Å². The highest BCUT2D eigenvalue weighted by molar-refractivity contribution is 8.26. The van der Waals surface area contributed by atoms with Gasteiger partial charge in [0.25, 0.3) is 11.8 Å². The van der Waals surface area contributed by atoms with Crippen LogP contribution in [0, 0.1) is 0 Å². The van der Waals surface area contributed by atoms with Crippen molar-refractivity contribution in [2.75, 3.05) is 43.1 Å². The van der Waals surface area contributed by atoms with Crippen LogP contribution in [0.3, 0.4) is 0 Å². The van der Waals surface area contributed by atoms with E-state index in [0.29, 0.717) is 27.9 Å². The van der Waals surface area contributed by atoms with Crippen molar-refractivity contribution < 1.29 is 9.59 Å². The van der Waals surface area contributed by atoms with Gasteiger partial charge in [0.1, 0.15) is 4.32 Å². The number of thiocarbonyl (C=S) groups is 1. The minimum atomic E-state index is -0.109. The molecule has 36 heavy (non-hydrogen) atoms. The molecule has 3 aromatic carbocycles. The molecule has 2 saturated heterocycles. The van der Waals surface area contributed by atoms with Crippen molar-refractivity contribution in [1.82, 2.24) is 9.80 Å². The number of anilines is 2. The fourth-order valence-corrected chi connectivity index (χ4v) is 5.48. The van der Waals surface area contributed by atoms with E-state index in [9.17, 15) is 9.59 Å². The summed E-state index contributed by atoms with van der Waals surface area (Å²) in [6.45, 7) is 3.29. The second-order valence-corrected chi connectivity index (χ2v) is 10.2. The summed E-state index contributed by atoms with van der Waals surface area (Å²) < 4.78 is 0.524. The molecule has 0 atom stereocenters. The Labute approximate surface area is 220 Å². The molecular weight excluding hydrogens is 488 g/mol. The third-order valence-corrected chi connectivity index (χ3v) is 7.61. The second-order valence-electron chi connectivity index (χ2n) is 8.55. The molecule has 0 aliphatic carbocycles. The fourth-order valence-electron chi connectivity index (χ4n) is 4.23. The molecule has 0 radical (unpaired) electrons. The molecule has 6 nitrogen and oxygen atoms in total. The third kappa shape index (κ3) is 5.45. The maximum atomic E-state index is 13.0. The lowest BCUT2D eigenvalue weighted by molar-refractivity contribution is -0.121. The topological polar surface area (TPSA) is 55.9 Å². The van der Waals surface area contributed by atoms with Gasteiger partial charge in [0.2, 0.25) is 0 Å². The van der Waals surface area contributed by atoms with Crippen LogP contribution in [-0.2, 0) is 4.79 Å². The highest BCUT2D eigenvalue weighted by Crippen LogP contribution is 2.32. The SMILES string of the molecule is O=C(c1ccc(NCN2C(=O)/C(=C\c3ccccc3)SC2=S)cc1)N1CCN(c2ccccc2)CC1. The zero-order chi connectivity index (χ0) is 24.9. The molecule has 0 spiro atoms. The first-order valence-corrected chi connectivity index (χ1v) is 13.0. The molecule has 2 aliphatic heterocycles. The minimum Gasteiger partial charge on any atom is -0.368 e. The van der Waals surface area contributed by atoms with Gasteiger partial charge in [-0.25, -0.2) is 0 Å². The van der Waals surface area contributed by atoms with Crippen molar-refractivity contribution in [1.29, 1.82) is 0 Å². The Morgan fingerprint density at radius 2 is 1.53 bits per heavy atom. The monoisotopic (exact) mass is 514 g/mol. The van der Waals surface area contributed by atoms with Crippen LogP contribution in [0.4, 0.5) is 11.4 Å². The summed E-state index contributed by atoms with van der Waals surface area (Å²) in [5, 5.41) is 3.25. The van der Waals surface area contributed by atoms with Crippen LogP contribution in [0.15, 0.2) is 89.8 Å². The van der Waals surface area contributed by atoms with Crippen LogP contribution >= 0.6 is 24.0 Å². The molecule has 5 rings (SSSR count). The first-order valence-electron chi connectivity index (χ1n) is 11.8. The standard InChI is InChI=1S/C28H26N4O2S2/c33-26(31-17-15-30(16-18-31)24-9-5-2-6-10-24)22-11-13-23(14-12-22)29-20-32-27(34)25(36-28(32)35)19-21-7-3-1-4-8-21/h1-14,19,29H,15-18,20H2/b25-19+. The number of benzene rings is 3. The summed E-state index contributed by atoms with van der Waals surface area (Å²) in [6.07, 6.45) is 1.86. The number of nitrogens with one attached hydrogen (secondary N) is 1. The van der Waals surface area contributed by atoms with Crippen molar-refractivity contribution in [2.24, 2.45) is 0 Å². The Balaban J connectivity index is 1.14. The number of amides is 2. The average molecular weight is 515 g/mol. The molecule has 2 heterocycles. The van der Waals surface area contributed by atoms with Crippen LogP contribution < -0.4 is 10.2 Å². The summed E-state index contributed by atoms with van der Waals surface area (Å²) in [5.41, 5.74) is 3.64. The number of hydrogen-bond donors (Lipinski definition) is 1. The molecule has 0 aromatic heterocycles. The lowest BCUT2D eigenvalue weighted by atomic mass is 10.1. The fraction of sp³-hybridized carbons (Fsp3) is 0.179. The van der Waals surface area contributed by atoms with E-state index in [1.807, 2.05) is 83.8 Å². The Bertz CT molecular complexity index is 1270. The number of carbonyl (C=O) groups is 2. The minimum absolute atomic E-state index is 0.0391. The lowest BCUT2D eigenvalue weighted by Gasteiger charge is -2.36. The Kier molecular flexibility index (Phi) is 7.34. The summed E-state index contributed by atoms with van der Waals surface area (Å²) in [4.78, 5) is 32.2. The van der Waals surface area contributed by atoms with E-state index >= 15 is 0 Å². The van der Waals surface area contributed by atoms with E-state index in [-0.39, 0.29) is 18.5 Å². The summed E-state index contributed by atoms with van der Waals surface area (Å²) in [5.74, 6) is -0.0694. The molecular formula is C28H26N4O2S2. The number of nitrogens with zero attached hydrogens (tertiary/aromatic N) is 3. The van der Waals surface area contributed by atoms with Gasteiger partial charge in [-0.15, -0.1) is 0 Å². The quantitative estimate of drug-likeness (QED) is 0.372. The molecule has 182 valence electrons. The first-order chi connectivity index (χ1) is 17.6. The van der Waals surface area contributed by atoms with Crippen molar-refractivity contribution in [3.63, 3.8) is 0 Å². The number of para-hydroxylation sites is 1. The van der Waals surface area contributed by atoms with E-state index in [2.05, 4.69) is 22.3 Å². The number of carbonyl (C=O) groups excluding carboxylic acids is 2. The number of piperazine rings is 1. The van der Waals surface area contributed by atoms with Gasteiger partial charge >= 0.3 is 0 Å². The van der Waals surface area contributed by atoms with E-state index in [1.165, 1.54) is 17.4 Å². The molecule has 3 aromatic rings. The van der Waals surface area contributed by atoms with Crippen LogP contribution in [0.25, 0.3) is 6.08 Å². The Morgan fingerprint density at radius 3 is 2.19 bits per heavy atom. The molecule has 0 saturated carbocycles. The van der Waals surface area contributed by atoms with E-state index < -0.39 is 0 Å². The van der Waals surface area contributed by atoms with Gasteiger partial charge in [0, 0.05) is 43.1 Å². The van der Waals surface area contributed by atoms with Gasteiger partial charge in [-0.2, -0.15) is 0 Å². The highest BCUT2D eigenvalue weighted by Gasteiger charge is 2.31. The van der Waals surface area contributed by atoms with Crippen LogP contribution in [0.5, 0.6) is 0 Å². The van der Waals surface area contributed by atoms with Crippen LogP contribution in [0.1, 0.15) is 15.9 Å². The smallest absolute Gasteiger partial charge is 0.267 e. The normalized spacial score (nSPS) is 17.1. The zero-order valence-corrected chi connectivity index (χ0v) is 21.3. The van der Waals surface area contributed by atoms with E-state index in [0.717, 1.165) is 24.3 Å². The Hall–Kier alpha value is -3.62. The van der Waals surface area contributed by atoms with Gasteiger partial charge in [-0.3, -0.25) is 14.5 Å². The molecule has 2 amide bonds. The third-order valence-electron chi connectivity index (χ3n) is 6.23. The average Bonchev–Trinajstić information content (AvgIpc) is 3.20. The molecule has 0 unspecified atom stereocenters. The highest BCUT2D eigenvalue weighted by atomic mass is 32.2. The van der Waals surface area contributed by atoms with Crippen LogP contribution in [0.2, 0.25) is 0 Å². The maximum Gasteiger partial charge on any atom is 0.267 e. The zero-order valence-electron chi connectivity index (χ0n) is 19.7. The number of thioether (sulfide) groups is 1. The van der Waals surface area contributed by atoms with Crippen molar-refractivity contribution in [2.45, 2.75) is 0 Å². The molecule has 2 fully saturated rings. The van der Waals surface area contributed by atoms with Gasteiger partial charge in [-0.05, 0) is 48.0 Å². The van der Waals surface area contributed by atoms with Gasteiger partial charge < -0.3 is 15.1 Å². The maximum absolute atomic E-state index is 13.0. The first kappa shape index (κ1) is 24.1. The van der Waals surface area contributed by atoms with Gasteiger partial charge in [0.05, 0.1) is 11.6 Å². The molecule has 1 N–H and O–H groups in total. The van der Waals surface area contributed by atoms with Crippen molar-refractivity contribution >= 4 is 57.6 Å². The lowest BCUT2D eigenvalue weighted by Crippen LogP contribution is -2.48. The number of rotatable bonds is 6. The van der Waals surface area contributed by atoms with E-state index in [1.54, 1.807) is 4.90 Å². The second kappa shape index (κ2) is 11.0. The largest absolute Gasteiger partial charge is 0.368 e. The van der Waals surface area contributed by atoms with E-state index in [4.69, 9.17) is 12.2 Å². The molecule has 8 heteroatoms. The summed E-state index contributed by atoms with van der Waals surface area (Å²) in [7, 11) is 0. The summed E-state index contributed by atoms with van der Waals surface area (Å²) in [6, 6.07) is 27.4. The molecule has 0 bridgehead atoms.